The van der Waals surface area contributed by atoms with Crippen LogP contribution in [0.15, 0.2) is 0 Å². The number of hydrogen-bond acceptors (Lipinski definition) is 1. The summed E-state index contributed by atoms with van der Waals surface area (Å²) in [7, 11) is 0. The molecule has 0 spiro atoms. The van der Waals surface area contributed by atoms with Gasteiger partial charge in [0.05, 0.1) is 0 Å². The second-order valence-corrected chi connectivity index (χ2v) is 5.87. The van der Waals surface area contributed by atoms with E-state index < -0.39 is 0 Å². The minimum Gasteiger partial charge on any atom is -0.369 e. The molecular formula is C13H24ClNO. The van der Waals surface area contributed by atoms with Crippen molar-refractivity contribution in [2.45, 2.75) is 63.7 Å². The standard InChI is InChI=1S/C13H24ClNO/c1-10-5-2-3-8-12(14)9-11(13(15)16)7-4-6-10/h10-12H,2-9H2,1H3,(H2,15,16). The molecule has 0 radical (unpaired) electrons. The minimum absolute atomic E-state index is 0.00667. The van der Waals surface area contributed by atoms with Gasteiger partial charge in [-0.25, -0.2) is 0 Å². The molecule has 2 nitrogen and oxygen atoms in total. The zero-order valence-corrected chi connectivity index (χ0v) is 11.0. The molecule has 3 atom stereocenters. The monoisotopic (exact) mass is 245 g/mol. The van der Waals surface area contributed by atoms with Gasteiger partial charge in [0.2, 0.25) is 5.91 Å². The van der Waals surface area contributed by atoms with Gasteiger partial charge in [-0.3, -0.25) is 4.79 Å². The van der Waals surface area contributed by atoms with Crippen LogP contribution in [-0.2, 0) is 4.79 Å². The van der Waals surface area contributed by atoms with Crippen LogP contribution in [0.5, 0.6) is 0 Å². The average molecular weight is 246 g/mol. The molecular weight excluding hydrogens is 222 g/mol. The van der Waals surface area contributed by atoms with Crippen LogP contribution >= 0.6 is 11.6 Å². The molecule has 1 amide bonds. The van der Waals surface area contributed by atoms with Crippen LogP contribution in [0, 0.1) is 11.8 Å². The van der Waals surface area contributed by atoms with Gasteiger partial charge in [-0.15, -0.1) is 11.6 Å². The van der Waals surface area contributed by atoms with Gasteiger partial charge < -0.3 is 5.73 Å². The Bertz CT molecular complexity index is 220. The average Bonchev–Trinajstić information content (AvgIpc) is 2.25. The van der Waals surface area contributed by atoms with Crippen LogP contribution in [0.25, 0.3) is 0 Å². The van der Waals surface area contributed by atoms with Crippen molar-refractivity contribution in [1.29, 1.82) is 0 Å². The molecule has 0 aromatic rings. The van der Waals surface area contributed by atoms with Crippen LogP contribution in [0.3, 0.4) is 0 Å². The lowest BCUT2D eigenvalue weighted by molar-refractivity contribution is -0.122. The molecule has 1 saturated carbocycles. The van der Waals surface area contributed by atoms with Gasteiger partial charge in [0.1, 0.15) is 0 Å². The van der Waals surface area contributed by atoms with E-state index in [9.17, 15) is 4.79 Å². The van der Waals surface area contributed by atoms with Gasteiger partial charge >= 0.3 is 0 Å². The number of carbonyl (C=O) groups excluding carboxylic acids is 1. The van der Waals surface area contributed by atoms with Crippen molar-refractivity contribution >= 4 is 17.5 Å². The van der Waals surface area contributed by atoms with Gasteiger partial charge in [0.25, 0.3) is 0 Å². The normalized spacial score (nSPS) is 34.0. The van der Waals surface area contributed by atoms with Crippen LogP contribution < -0.4 is 5.73 Å². The Morgan fingerprint density at radius 2 is 1.75 bits per heavy atom. The van der Waals surface area contributed by atoms with Crippen molar-refractivity contribution in [1.82, 2.24) is 0 Å². The molecule has 1 aliphatic rings. The second-order valence-electron chi connectivity index (χ2n) is 5.25. The van der Waals surface area contributed by atoms with E-state index in [0.717, 1.165) is 31.6 Å². The Hall–Kier alpha value is -0.240. The quantitative estimate of drug-likeness (QED) is 0.707. The third kappa shape index (κ3) is 5.20. The SMILES string of the molecule is CC1CCCCC(Cl)CC(C(N)=O)CCC1. The summed E-state index contributed by atoms with van der Waals surface area (Å²) >= 11 is 6.24. The van der Waals surface area contributed by atoms with E-state index in [1.165, 1.54) is 25.7 Å². The van der Waals surface area contributed by atoms with Crippen LogP contribution in [-0.4, -0.2) is 11.3 Å². The maximum Gasteiger partial charge on any atom is 0.220 e. The van der Waals surface area contributed by atoms with Crippen LogP contribution in [0.1, 0.15) is 58.3 Å². The first-order valence-electron chi connectivity index (χ1n) is 6.53. The molecule has 1 fully saturated rings. The van der Waals surface area contributed by atoms with E-state index in [4.69, 9.17) is 17.3 Å². The molecule has 0 saturated heterocycles. The molecule has 3 heteroatoms. The predicted molar refractivity (Wildman–Crippen MR) is 68.4 cm³/mol. The summed E-state index contributed by atoms with van der Waals surface area (Å²) < 4.78 is 0. The first-order valence-corrected chi connectivity index (χ1v) is 6.96. The van der Waals surface area contributed by atoms with Gasteiger partial charge in [0.15, 0.2) is 0 Å². The van der Waals surface area contributed by atoms with Crippen molar-refractivity contribution in [2.75, 3.05) is 0 Å². The number of primary amides is 1. The molecule has 3 unspecified atom stereocenters. The minimum atomic E-state index is -0.169. The molecule has 2 N–H and O–H groups in total. The van der Waals surface area contributed by atoms with Gasteiger partial charge in [-0.2, -0.15) is 0 Å². The molecule has 0 bridgehead atoms. The molecule has 0 aliphatic heterocycles. The van der Waals surface area contributed by atoms with Crippen molar-refractivity contribution < 1.29 is 4.79 Å². The molecule has 94 valence electrons. The van der Waals surface area contributed by atoms with E-state index in [1.807, 2.05) is 0 Å². The molecule has 1 aliphatic carbocycles. The summed E-state index contributed by atoms with van der Waals surface area (Å²) in [4.78, 5) is 11.3. The fraction of sp³-hybridized carbons (Fsp3) is 0.923. The highest BCUT2D eigenvalue weighted by Gasteiger charge is 2.20. The number of hydrogen-bond donors (Lipinski definition) is 1. The Morgan fingerprint density at radius 3 is 2.44 bits per heavy atom. The van der Waals surface area contributed by atoms with Crippen molar-refractivity contribution in [3.8, 4) is 0 Å². The fourth-order valence-electron chi connectivity index (χ4n) is 2.52. The third-order valence-electron chi connectivity index (χ3n) is 3.66. The number of alkyl halides is 1. The van der Waals surface area contributed by atoms with Gasteiger partial charge in [-0.05, 0) is 25.2 Å². The highest BCUT2D eigenvalue weighted by molar-refractivity contribution is 6.20. The van der Waals surface area contributed by atoms with Gasteiger partial charge in [-0.1, -0.05) is 39.0 Å². The van der Waals surface area contributed by atoms with Crippen molar-refractivity contribution in [3.05, 3.63) is 0 Å². The summed E-state index contributed by atoms with van der Waals surface area (Å²) in [6, 6.07) is 0. The predicted octanol–water partition coefficient (Wildman–Crippen LogP) is 3.47. The largest absolute Gasteiger partial charge is 0.369 e. The summed E-state index contributed by atoms with van der Waals surface area (Å²) in [5.74, 6) is 0.603. The number of amides is 1. The van der Waals surface area contributed by atoms with E-state index in [2.05, 4.69) is 6.92 Å². The Morgan fingerprint density at radius 1 is 1.12 bits per heavy atom. The lowest BCUT2D eigenvalue weighted by Crippen LogP contribution is -2.25. The highest BCUT2D eigenvalue weighted by Crippen LogP contribution is 2.26. The summed E-state index contributed by atoms with van der Waals surface area (Å²) in [6.07, 6.45) is 8.79. The van der Waals surface area contributed by atoms with E-state index >= 15 is 0 Å². The van der Waals surface area contributed by atoms with Crippen LogP contribution in [0.4, 0.5) is 0 Å². The van der Waals surface area contributed by atoms with E-state index in [1.54, 1.807) is 0 Å². The van der Waals surface area contributed by atoms with Gasteiger partial charge in [0, 0.05) is 11.3 Å². The van der Waals surface area contributed by atoms with Crippen molar-refractivity contribution in [2.24, 2.45) is 17.6 Å². The molecule has 0 aromatic heterocycles. The Balaban J connectivity index is 2.50. The smallest absolute Gasteiger partial charge is 0.220 e. The molecule has 1 rings (SSSR count). The van der Waals surface area contributed by atoms with Crippen molar-refractivity contribution in [3.63, 3.8) is 0 Å². The van der Waals surface area contributed by atoms with E-state index in [0.29, 0.717) is 0 Å². The van der Waals surface area contributed by atoms with Crippen LogP contribution in [0.2, 0.25) is 0 Å². The first kappa shape index (κ1) is 13.8. The first-order chi connectivity index (χ1) is 7.59. The maximum atomic E-state index is 11.3. The topological polar surface area (TPSA) is 43.1 Å². The number of carbonyl (C=O) groups is 1. The Labute approximate surface area is 104 Å². The zero-order valence-electron chi connectivity index (χ0n) is 10.3. The highest BCUT2D eigenvalue weighted by atomic mass is 35.5. The Kier molecular flexibility index (Phi) is 6.18. The lowest BCUT2D eigenvalue weighted by atomic mass is 9.93. The number of rotatable bonds is 1. The summed E-state index contributed by atoms with van der Waals surface area (Å²) in [5, 5.41) is 0.130. The summed E-state index contributed by atoms with van der Waals surface area (Å²) in [5.41, 5.74) is 5.42. The second kappa shape index (κ2) is 7.16. The molecule has 0 heterocycles. The van der Waals surface area contributed by atoms with E-state index in [-0.39, 0.29) is 17.2 Å². The molecule has 16 heavy (non-hydrogen) atoms. The third-order valence-corrected chi connectivity index (χ3v) is 4.05. The summed E-state index contributed by atoms with van der Waals surface area (Å²) in [6.45, 7) is 2.30. The number of nitrogens with two attached hydrogens (primary N) is 1. The number of halogens is 1. The zero-order chi connectivity index (χ0) is 12.0. The lowest BCUT2D eigenvalue weighted by Gasteiger charge is -2.16. The maximum absolute atomic E-state index is 11.3. The molecule has 0 aromatic carbocycles. The fourth-order valence-corrected chi connectivity index (χ4v) is 2.89.